The molecule has 1 atom stereocenters. The highest BCUT2D eigenvalue weighted by atomic mass is 32.2. The first-order valence-corrected chi connectivity index (χ1v) is 13.4. The van der Waals surface area contributed by atoms with E-state index in [4.69, 9.17) is 4.74 Å². The van der Waals surface area contributed by atoms with Gasteiger partial charge in [-0.2, -0.15) is 0 Å². The van der Waals surface area contributed by atoms with Crippen LogP contribution in [0, 0.1) is 5.92 Å². The molecule has 0 aliphatic heterocycles. The Morgan fingerprint density at radius 3 is 2.36 bits per heavy atom. The first kappa shape index (κ1) is 25.8. The van der Waals surface area contributed by atoms with Crippen molar-refractivity contribution >= 4 is 34.1 Å². The highest BCUT2D eigenvalue weighted by Crippen LogP contribution is 2.27. The molecule has 0 spiro atoms. The lowest BCUT2D eigenvalue weighted by Crippen LogP contribution is -2.17. The van der Waals surface area contributed by atoms with Crippen molar-refractivity contribution < 1.29 is 9.53 Å². The second kappa shape index (κ2) is 11.6. The number of ether oxygens (including phenoxy) is 1. The summed E-state index contributed by atoms with van der Waals surface area (Å²) < 4.78 is 8.27. The number of rotatable bonds is 10. The van der Waals surface area contributed by atoms with Crippen molar-refractivity contribution in [3.05, 3.63) is 78.1 Å². The normalized spacial score (nSPS) is 12.3. The molecular formula is C29H34N4O2S. The molecule has 0 radical (unpaired) electrons. The molecule has 36 heavy (non-hydrogen) atoms. The molecule has 0 bridgehead atoms. The Kier molecular flexibility index (Phi) is 8.31. The summed E-state index contributed by atoms with van der Waals surface area (Å²) in [6, 6.07) is 22.2. The molecule has 1 heterocycles. The van der Waals surface area contributed by atoms with Crippen LogP contribution >= 0.6 is 11.8 Å². The number of benzene rings is 3. The van der Waals surface area contributed by atoms with E-state index < -0.39 is 0 Å². The third kappa shape index (κ3) is 6.46. The van der Waals surface area contributed by atoms with Crippen molar-refractivity contribution in [1.82, 2.24) is 14.8 Å². The van der Waals surface area contributed by atoms with E-state index in [0.717, 1.165) is 39.7 Å². The molecule has 0 saturated heterocycles. The fraction of sp³-hybridized carbons (Fsp3) is 0.345. The van der Waals surface area contributed by atoms with E-state index >= 15 is 0 Å². The number of hydrogen-bond acceptors (Lipinski definition) is 5. The smallest absolute Gasteiger partial charge is 0.234 e. The second-order valence-electron chi connectivity index (χ2n) is 9.73. The summed E-state index contributed by atoms with van der Waals surface area (Å²) in [4.78, 5) is 12.7. The van der Waals surface area contributed by atoms with Crippen LogP contribution in [-0.2, 0) is 11.3 Å². The Balaban J connectivity index is 1.42. The molecule has 0 saturated carbocycles. The van der Waals surface area contributed by atoms with Crippen LogP contribution in [0.5, 0.6) is 5.75 Å². The molecule has 1 unspecified atom stereocenters. The number of carbonyl (C=O) groups excluding carboxylic acids is 1. The van der Waals surface area contributed by atoms with Gasteiger partial charge in [0.15, 0.2) is 17.1 Å². The second-order valence-corrected chi connectivity index (χ2v) is 10.7. The van der Waals surface area contributed by atoms with Gasteiger partial charge in [0.1, 0.15) is 5.75 Å². The molecule has 0 aliphatic rings. The quantitative estimate of drug-likeness (QED) is 0.235. The highest BCUT2D eigenvalue weighted by Gasteiger charge is 2.21. The SMILES string of the molecule is CC(C)Cn1c(SCC(=O)Nc2ccc3ccccc3c2)nnc1C(C)Oc1ccc(C(C)C)cc1. The van der Waals surface area contributed by atoms with Crippen molar-refractivity contribution in [3.63, 3.8) is 0 Å². The van der Waals surface area contributed by atoms with Gasteiger partial charge in [0, 0.05) is 12.2 Å². The molecule has 1 N–H and O–H groups in total. The van der Waals surface area contributed by atoms with Crippen LogP contribution in [0.25, 0.3) is 10.8 Å². The van der Waals surface area contributed by atoms with Gasteiger partial charge < -0.3 is 14.6 Å². The van der Waals surface area contributed by atoms with Gasteiger partial charge in [0.2, 0.25) is 5.91 Å². The van der Waals surface area contributed by atoms with Gasteiger partial charge in [0.05, 0.1) is 5.75 Å². The molecule has 7 heteroatoms. The number of hydrogen-bond donors (Lipinski definition) is 1. The van der Waals surface area contributed by atoms with Crippen molar-refractivity contribution in [1.29, 1.82) is 0 Å². The number of thioether (sulfide) groups is 1. The van der Waals surface area contributed by atoms with Gasteiger partial charge in [-0.1, -0.05) is 81.9 Å². The van der Waals surface area contributed by atoms with Crippen molar-refractivity contribution in [3.8, 4) is 5.75 Å². The van der Waals surface area contributed by atoms with Gasteiger partial charge >= 0.3 is 0 Å². The number of fused-ring (bicyclic) bond motifs is 1. The fourth-order valence-corrected chi connectivity index (χ4v) is 4.78. The predicted octanol–water partition coefficient (Wildman–Crippen LogP) is 7.08. The number of carbonyl (C=O) groups is 1. The summed E-state index contributed by atoms with van der Waals surface area (Å²) in [6.07, 6.45) is -0.276. The minimum Gasteiger partial charge on any atom is -0.483 e. The molecule has 1 amide bonds. The van der Waals surface area contributed by atoms with E-state index in [1.165, 1.54) is 17.3 Å². The minimum atomic E-state index is -0.276. The van der Waals surface area contributed by atoms with E-state index in [9.17, 15) is 4.79 Å². The van der Waals surface area contributed by atoms with E-state index in [2.05, 4.69) is 66.0 Å². The van der Waals surface area contributed by atoms with Crippen molar-refractivity contribution in [2.75, 3.05) is 11.1 Å². The van der Waals surface area contributed by atoms with Gasteiger partial charge in [-0.25, -0.2) is 0 Å². The van der Waals surface area contributed by atoms with E-state index in [1.54, 1.807) is 0 Å². The Labute approximate surface area is 217 Å². The first-order valence-electron chi connectivity index (χ1n) is 12.4. The topological polar surface area (TPSA) is 69.0 Å². The largest absolute Gasteiger partial charge is 0.483 e. The first-order chi connectivity index (χ1) is 17.3. The van der Waals surface area contributed by atoms with Crippen LogP contribution in [0.1, 0.15) is 58.0 Å². The standard InChI is InChI=1S/C29H34N4O2S/c1-19(2)17-33-28(21(5)35-26-14-11-22(12-15-26)20(3)4)31-32-29(33)36-18-27(34)30-25-13-10-23-8-6-7-9-24(23)16-25/h6-16,19-21H,17-18H2,1-5H3,(H,30,34). The van der Waals surface area contributed by atoms with Crippen LogP contribution in [0.15, 0.2) is 71.9 Å². The number of nitrogens with one attached hydrogen (secondary N) is 1. The molecule has 1 aromatic heterocycles. The number of anilines is 1. The predicted molar refractivity (Wildman–Crippen MR) is 148 cm³/mol. The third-order valence-electron chi connectivity index (χ3n) is 5.88. The van der Waals surface area contributed by atoms with Crippen LogP contribution in [0.2, 0.25) is 0 Å². The maximum atomic E-state index is 12.7. The van der Waals surface area contributed by atoms with Gasteiger partial charge in [-0.3, -0.25) is 4.79 Å². The molecule has 4 aromatic rings. The Bertz CT molecular complexity index is 1310. The summed E-state index contributed by atoms with van der Waals surface area (Å²) in [5.41, 5.74) is 2.06. The minimum absolute atomic E-state index is 0.0783. The molecule has 4 rings (SSSR count). The molecule has 188 valence electrons. The zero-order chi connectivity index (χ0) is 25.7. The van der Waals surface area contributed by atoms with Crippen LogP contribution in [-0.4, -0.2) is 26.4 Å². The lowest BCUT2D eigenvalue weighted by atomic mass is 10.0. The molecular weight excluding hydrogens is 468 g/mol. The third-order valence-corrected chi connectivity index (χ3v) is 6.85. The van der Waals surface area contributed by atoms with Gasteiger partial charge in [0.25, 0.3) is 0 Å². The highest BCUT2D eigenvalue weighted by molar-refractivity contribution is 7.99. The van der Waals surface area contributed by atoms with Crippen molar-refractivity contribution in [2.45, 2.75) is 58.3 Å². The Morgan fingerprint density at radius 1 is 0.944 bits per heavy atom. The van der Waals surface area contributed by atoms with E-state index in [0.29, 0.717) is 11.8 Å². The summed E-state index contributed by atoms with van der Waals surface area (Å²) in [5.74, 6) is 2.59. The van der Waals surface area contributed by atoms with E-state index in [-0.39, 0.29) is 17.8 Å². The van der Waals surface area contributed by atoms with Crippen molar-refractivity contribution in [2.24, 2.45) is 5.92 Å². The summed E-state index contributed by atoms with van der Waals surface area (Å²) in [7, 11) is 0. The number of amides is 1. The Morgan fingerprint density at radius 2 is 1.67 bits per heavy atom. The summed E-state index contributed by atoms with van der Waals surface area (Å²) in [5, 5.41) is 14.8. The lowest BCUT2D eigenvalue weighted by molar-refractivity contribution is -0.113. The van der Waals surface area contributed by atoms with Gasteiger partial charge in [-0.15, -0.1) is 10.2 Å². The molecule has 3 aromatic carbocycles. The maximum Gasteiger partial charge on any atom is 0.234 e. The van der Waals surface area contributed by atoms with Crippen LogP contribution in [0.4, 0.5) is 5.69 Å². The molecule has 0 aliphatic carbocycles. The number of nitrogens with zero attached hydrogens (tertiary/aromatic N) is 3. The monoisotopic (exact) mass is 502 g/mol. The zero-order valence-electron chi connectivity index (χ0n) is 21.6. The Hall–Kier alpha value is -3.32. The number of aromatic nitrogens is 3. The maximum absolute atomic E-state index is 12.7. The average molecular weight is 503 g/mol. The van der Waals surface area contributed by atoms with E-state index in [1.807, 2.05) is 55.5 Å². The zero-order valence-corrected chi connectivity index (χ0v) is 22.4. The molecule has 0 fully saturated rings. The molecule has 6 nitrogen and oxygen atoms in total. The summed E-state index contributed by atoms with van der Waals surface area (Å²) in [6.45, 7) is 11.4. The summed E-state index contributed by atoms with van der Waals surface area (Å²) >= 11 is 1.39. The van der Waals surface area contributed by atoms with Crippen LogP contribution in [0.3, 0.4) is 0 Å². The fourth-order valence-electron chi connectivity index (χ4n) is 4.03. The lowest BCUT2D eigenvalue weighted by Gasteiger charge is -2.18. The van der Waals surface area contributed by atoms with Crippen LogP contribution < -0.4 is 10.1 Å². The van der Waals surface area contributed by atoms with Gasteiger partial charge in [-0.05, 0) is 59.4 Å². The average Bonchev–Trinajstić information content (AvgIpc) is 3.24.